The summed E-state index contributed by atoms with van der Waals surface area (Å²) in [6, 6.07) is 8.91. The molecule has 1 aliphatic rings. The predicted octanol–water partition coefficient (Wildman–Crippen LogP) is 1.82. The van der Waals surface area contributed by atoms with E-state index in [0.717, 1.165) is 12.8 Å². The van der Waals surface area contributed by atoms with Gasteiger partial charge in [-0.3, -0.25) is 9.59 Å². The summed E-state index contributed by atoms with van der Waals surface area (Å²) in [5.74, 6) is -0.676. The van der Waals surface area contributed by atoms with E-state index in [0.29, 0.717) is 31.0 Å². The molecular weight excluding hydrogens is 270 g/mol. The molecule has 5 nitrogen and oxygen atoms in total. The summed E-state index contributed by atoms with van der Waals surface area (Å²) in [6.45, 7) is 1.18. The fraction of sp³-hybridized carbons (Fsp3) is 0.500. The lowest BCUT2D eigenvalue weighted by Gasteiger charge is -2.33. The van der Waals surface area contributed by atoms with Crippen molar-refractivity contribution in [3.05, 3.63) is 35.9 Å². The Morgan fingerprint density at radius 2 is 1.81 bits per heavy atom. The van der Waals surface area contributed by atoms with Gasteiger partial charge in [-0.1, -0.05) is 30.3 Å². The Hall–Kier alpha value is -1.88. The van der Waals surface area contributed by atoms with Crippen LogP contribution >= 0.6 is 0 Å². The SMILES string of the molecule is O=C(O)CCC1CCN(C(=O)C(O)c2ccccc2)CC1. The Morgan fingerprint density at radius 3 is 2.38 bits per heavy atom. The fourth-order valence-electron chi connectivity index (χ4n) is 2.72. The van der Waals surface area contributed by atoms with Gasteiger partial charge in [0.05, 0.1) is 0 Å². The van der Waals surface area contributed by atoms with E-state index in [-0.39, 0.29) is 12.3 Å². The van der Waals surface area contributed by atoms with E-state index in [2.05, 4.69) is 0 Å². The van der Waals surface area contributed by atoms with E-state index in [4.69, 9.17) is 5.11 Å². The van der Waals surface area contributed by atoms with Crippen molar-refractivity contribution in [1.29, 1.82) is 0 Å². The van der Waals surface area contributed by atoms with Crippen LogP contribution in [0.25, 0.3) is 0 Å². The number of amides is 1. The highest BCUT2D eigenvalue weighted by Crippen LogP contribution is 2.24. The highest BCUT2D eigenvalue weighted by atomic mass is 16.4. The summed E-state index contributed by atoms with van der Waals surface area (Å²) in [5.41, 5.74) is 0.607. The molecule has 1 amide bonds. The molecule has 0 bridgehead atoms. The third-order valence-electron chi connectivity index (χ3n) is 4.04. The van der Waals surface area contributed by atoms with Gasteiger partial charge in [0.25, 0.3) is 5.91 Å². The molecule has 0 aliphatic carbocycles. The van der Waals surface area contributed by atoms with Crippen molar-refractivity contribution in [3.63, 3.8) is 0 Å². The van der Waals surface area contributed by atoms with Gasteiger partial charge < -0.3 is 15.1 Å². The molecule has 5 heteroatoms. The van der Waals surface area contributed by atoms with Gasteiger partial charge in [-0.2, -0.15) is 0 Å². The van der Waals surface area contributed by atoms with E-state index < -0.39 is 12.1 Å². The first-order chi connectivity index (χ1) is 10.1. The van der Waals surface area contributed by atoms with Crippen LogP contribution in [0.3, 0.4) is 0 Å². The number of nitrogens with zero attached hydrogens (tertiary/aromatic N) is 1. The minimum atomic E-state index is -1.11. The molecule has 1 unspecified atom stereocenters. The van der Waals surface area contributed by atoms with Crippen molar-refractivity contribution in [2.45, 2.75) is 31.8 Å². The van der Waals surface area contributed by atoms with Crippen molar-refractivity contribution >= 4 is 11.9 Å². The predicted molar refractivity (Wildman–Crippen MR) is 77.6 cm³/mol. The van der Waals surface area contributed by atoms with Crippen molar-refractivity contribution in [1.82, 2.24) is 4.90 Å². The Bertz CT molecular complexity index is 480. The van der Waals surface area contributed by atoms with E-state index in [1.54, 1.807) is 29.2 Å². The smallest absolute Gasteiger partial charge is 0.303 e. The first-order valence-corrected chi connectivity index (χ1v) is 7.31. The number of piperidine rings is 1. The summed E-state index contributed by atoms with van der Waals surface area (Å²) < 4.78 is 0. The molecule has 1 atom stereocenters. The minimum absolute atomic E-state index is 0.186. The second-order valence-electron chi connectivity index (χ2n) is 5.51. The van der Waals surface area contributed by atoms with Crippen LogP contribution in [0.5, 0.6) is 0 Å². The Kier molecular flexibility index (Phi) is 5.33. The molecule has 0 spiro atoms. The molecule has 1 aromatic rings. The van der Waals surface area contributed by atoms with Crippen LogP contribution < -0.4 is 0 Å². The van der Waals surface area contributed by atoms with E-state index in [9.17, 15) is 14.7 Å². The molecule has 1 fully saturated rings. The quantitative estimate of drug-likeness (QED) is 0.867. The van der Waals surface area contributed by atoms with Gasteiger partial charge in [0.2, 0.25) is 0 Å². The number of rotatable bonds is 5. The number of aliphatic carboxylic acids is 1. The normalized spacial score (nSPS) is 17.5. The van der Waals surface area contributed by atoms with Crippen LogP contribution in [0.2, 0.25) is 0 Å². The van der Waals surface area contributed by atoms with Gasteiger partial charge in [-0.15, -0.1) is 0 Å². The van der Waals surface area contributed by atoms with E-state index >= 15 is 0 Å². The number of hydrogen-bond donors (Lipinski definition) is 2. The van der Waals surface area contributed by atoms with Crippen LogP contribution in [-0.4, -0.2) is 40.1 Å². The first-order valence-electron chi connectivity index (χ1n) is 7.31. The number of hydrogen-bond acceptors (Lipinski definition) is 3. The largest absolute Gasteiger partial charge is 0.481 e. The number of benzene rings is 1. The number of carbonyl (C=O) groups excluding carboxylic acids is 1. The molecule has 2 N–H and O–H groups in total. The van der Waals surface area contributed by atoms with Gasteiger partial charge in [-0.25, -0.2) is 0 Å². The summed E-state index contributed by atoms with van der Waals surface area (Å²) in [7, 11) is 0. The topological polar surface area (TPSA) is 77.8 Å². The summed E-state index contributed by atoms with van der Waals surface area (Å²) in [6.07, 6.45) is 1.35. The molecule has 0 aromatic heterocycles. The van der Waals surface area contributed by atoms with Gasteiger partial charge in [0.15, 0.2) is 6.10 Å². The van der Waals surface area contributed by atoms with Crippen LogP contribution in [0.1, 0.15) is 37.4 Å². The minimum Gasteiger partial charge on any atom is -0.481 e. The zero-order valence-corrected chi connectivity index (χ0v) is 11.9. The highest BCUT2D eigenvalue weighted by molar-refractivity contribution is 5.82. The molecule has 114 valence electrons. The number of aliphatic hydroxyl groups is 1. The molecule has 0 radical (unpaired) electrons. The molecule has 1 saturated heterocycles. The lowest BCUT2D eigenvalue weighted by Crippen LogP contribution is -2.41. The highest BCUT2D eigenvalue weighted by Gasteiger charge is 2.27. The van der Waals surface area contributed by atoms with Crippen LogP contribution in [-0.2, 0) is 9.59 Å². The van der Waals surface area contributed by atoms with Crippen LogP contribution in [0.15, 0.2) is 30.3 Å². The molecule has 0 saturated carbocycles. The first kappa shape index (κ1) is 15.5. The average Bonchev–Trinajstić information content (AvgIpc) is 2.53. The monoisotopic (exact) mass is 291 g/mol. The fourth-order valence-corrected chi connectivity index (χ4v) is 2.72. The molecule has 2 rings (SSSR count). The van der Waals surface area contributed by atoms with Gasteiger partial charge in [-0.05, 0) is 30.7 Å². The van der Waals surface area contributed by atoms with Gasteiger partial charge in [0, 0.05) is 19.5 Å². The number of carboxylic acids is 1. The molecular formula is C16H21NO4. The average molecular weight is 291 g/mol. The number of likely N-dealkylation sites (tertiary alicyclic amines) is 1. The zero-order chi connectivity index (χ0) is 15.2. The third-order valence-corrected chi connectivity index (χ3v) is 4.04. The maximum atomic E-state index is 12.3. The number of carboxylic acid groups (broad SMARTS) is 1. The summed E-state index contributed by atoms with van der Waals surface area (Å²) in [4.78, 5) is 24.5. The lowest BCUT2D eigenvalue weighted by atomic mass is 9.92. The van der Waals surface area contributed by atoms with Crippen LogP contribution in [0.4, 0.5) is 0 Å². The zero-order valence-electron chi connectivity index (χ0n) is 11.9. The van der Waals surface area contributed by atoms with Crippen molar-refractivity contribution in [2.75, 3.05) is 13.1 Å². The third kappa shape index (κ3) is 4.29. The van der Waals surface area contributed by atoms with E-state index in [1.165, 1.54) is 0 Å². The summed E-state index contributed by atoms with van der Waals surface area (Å²) >= 11 is 0. The molecule has 1 aromatic carbocycles. The second-order valence-corrected chi connectivity index (χ2v) is 5.51. The van der Waals surface area contributed by atoms with Gasteiger partial charge >= 0.3 is 5.97 Å². The Morgan fingerprint density at radius 1 is 1.19 bits per heavy atom. The van der Waals surface area contributed by atoms with Crippen molar-refractivity contribution in [2.24, 2.45) is 5.92 Å². The van der Waals surface area contributed by atoms with Crippen LogP contribution in [0, 0.1) is 5.92 Å². The maximum absolute atomic E-state index is 12.3. The molecule has 1 heterocycles. The number of carbonyl (C=O) groups is 2. The standard InChI is InChI=1S/C16H21NO4/c18-14(19)7-6-12-8-10-17(11-9-12)16(21)15(20)13-4-2-1-3-5-13/h1-5,12,15,20H,6-11H2,(H,18,19). The Balaban J connectivity index is 1.84. The molecule has 1 aliphatic heterocycles. The van der Waals surface area contributed by atoms with Crippen molar-refractivity contribution in [3.8, 4) is 0 Å². The van der Waals surface area contributed by atoms with E-state index in [1.807, 2.05) is 6.07 Å². The lowest BCUT2D eigenvalue weighted by molar-refractivity contribution is -0.142. The second kappa shape index (κ2) is 7.22. The van der Waals surface area contributed by atoms with Crippen molar-refractivity contribution < 1.29 is 19.8 Å². The Labute approximate surface area is 124 Å². The number of aliphatic hydroxyl groups excluding tert-OH is 1. The summed E-state index contributed by atoms with van der Waals surface area (Å²) in [5, 5.41) is 18.8. The molecule has 21 heavy (non-hydrogen) atoms. The maximum Gasteiger partial charge on any atom is 0.303 e. The van der Waals surface area contributed by atoms with Gasteiger partial charge in [0.1, 0.15) is 0 Å².